The van der Waals surface area contributed by atoms with Crippen molar-refractivity contribution in [2.75, 3.05) is 32.0 Å². The maximum Gasteiger partial charge on any atom is 0.165 e. The Morgan fingerprint density at radius 3 is 2.85 bits per heavy atom. The summed E-state index contributed by atoms with van der Waals surface area (Å²) in [7, 11) is -2.28. The number of imidazole rings is 1. The first-order chi connectivity index (χ1) is 9.40. The summed E-state index contributed by atoms with van der Waals surface area (Å²) in [6.45, 7) is 3.45. The number of hydrogen-bond acceptors (Lipinski definition) is 7. The predicted octanol–water partition coefficient (Wildman–Crippen LogP) is 0.366. The van der Waals surface area contributed by atoms with E-state index in [4.69, 9.17) is 10.5 Å². The van der Waals surface area contributed by atoms with E-state index < -0.39 is 13.2 Å². The summed E-state index contributed by atoms with van der Waals surface area (Å²) in [6.07, 6.45) is 2.58. The van der Waals surface area contributed by atoms with Gasteiger partial charge in [0.15, 0.2) is 11.5 Å². The van der Waals surface area contributed by atoms with Gasteiger partial charge in [-0.2, -0.15) is 0 Å². The number of hydrogen-bond donors (Lipinski definition) is 2. The third-order valence-corrected chi connectivity index (χ3v) is 3.43. The van der Waals surface area contributed by atoms with E-state index in [9.17, 15) is 9.67 Å². The maximum atomic E-state index is 11.6. The van der Waals surface area contributed by atoms with E-state index in [-0.39, 0.29) is 13.0 Å². The highest BCUT2D eigenvalue weighted by Crippen LogP contribution is 2.35. The molecule has 0 saturated heterocycles. The third kappa shape index (κ3) is 3.53. The molecule has 0 aliphatic carbocycles. The fourth-order valence-corrected chi connectivity index (χ4v) is 2.27. The van der Waals surface area contributed by atoms with Crippen LogP contribution in [-0.4, -0.2) is 57.0 Å². The van der Waals surface area contributed by atoms with E-state index in [2.05, 4.69) is 15.0 Å². The van der Waals surface area contributed by atoms with Crippen LogP contribution in [0.5, 0.6) is 0 Å². The molecular weight excluding hydrogens is 281 g/mol. The molecule has 0 unspecified atom stereocenters. The second-order valence-electron chi connectivity index (χ2n) is 5.00. The Morgan fingerprint density at radius 1 is 1.45 bits per heavy atom. The lowest BCUT2D eigenvalue weighted by molar-refractivity contribution is 0.0264. The van der Waals surface area contributed by atoms with Crippen LogP contribution < -0.4 is 5.73 Å². The number of anilines is 1. The summed E-state index contributed by atoms with van der Waals surface area (Å²) in [5.41, 5.74) is 6.80. The number of aliphatic hydroxyl groups is 1. The summed E-state index contributed by atoms with van der Waals surface area (Å²) >= 11 is 0. The average molecular weight is 299 g/mol. The van der Waals surface area contributed by atoms with Crippen LogP contribution in [0.1, 0.15) is 0 Å². The first-order valence-electron chi connectivity index (χ1n) is 6.08. The van der Waals surface area contributed by atoms with Gasteiger partial charge in [0.25, 0.3) is 0 Å². The highest BCUT2D eigenvalue weighted by Gasteiger charge is 2.16. The second kappa shape index (κ2) is 5.87. The molecule has 20 heavy (non-hydrogen) atoms. The lowest BCUT2D eigenvalue weighted by atomic mass is 10.3. The molecule has 0 bridgehead atoms. The molecule has 0 fully saturated rings. The zero-order chi connectivity index (χ0) is 14.8. The molecule has 110 valence electrons. The van der Waals surface area contributed by atoms with Crippen LogP contribution in [0.4, 0.5) is 5.82 Å². The van der Waals surface area contributed by atoms with Crippen LogP contribution in [0, 0.1) is 0 Å². The van der Waals surface area contributed by atoms with E-state index in [1.165, 1.54) is 6.33 Å². The van der Waals surface area contributed by atoms with Crippen molar-refractivity contribution in [3.63, 3.8) is 0 Å². The number of rotatable bonds is 6. The normalized spacial score (nSPS) is 13.8. The average Bonchev–Trinajstić information content (AvgIpc) is 2.78. The van der Waals surface area contributed by atoms with Gasteiger partial charge in [-0.1, -0.05) is 0 Å². The van der Waals surface area contributed by atoms with Gasteiger partial charge in [0.2, 0.25) is 0 Å². The van der Waals surface area contributed by atoms with E-state index in [0.29, 0.717) is 23.5 Å². The molecule has 2 rings (SSSR count). The number of nitrogens with zero attached hydrogens (tertiary/aromatic N) is 4. The minimum absolute atomic E-state index is 0.127. The minimum Gasteiger partial charge on any atom is -0.394 e. The lowest BCUT2D eigenvalue weighted by Crippen LogP contribution is -2.24. The summed E-state index contributed by atoms with van der Waals surface area (Å²) < 4.78 is 18.8. The third-order valence-electron chi connectivity index (χ3n) is 2.65. The zero-order valence-electron chi connectivity index (χ0n) is 11.4. The molecule has 0 radical (unpaired) electrons. The zero-order valence-corrected chi connectivity index (χ0v) is 12.3. The van der Waals surface area contributed by atoms with Crippen LogP contribution in [0.2, 0.25) is 0 Å². The molecule has 0 aromatic carbocycles. The standard InChI is InChI=1S/C11H18N5O3P/c1-20(2,18)7-19-8(4-17)3-16-6-15-9-10(12)13-5-14-11(9)16/h5-6,8,17H,3-4,7H2,1-2H3,(H2,12,13,14)/t8-/m0/s1. The van der Waals surface area contributed by atoms with Gasteiger partial charge in [-0.05, 0) is 13.3 Å². The fraction of sp³-hybridized carbons (Fsp3) is 0.545. The van der Waals surface area contributed by atoms with Crippen molar-refractivity contribution in [2.45, 2.75) is 12.6 Å². The Morgan fingerprint density at radius 2 is 2.20 bits per heavy atom. The van der Waals surface area contributed by atoms with Crippen molar-refractivity contribution in [2.24, 2.45) is 0 Å². The van der Waals surface area contributed by atoms with Crippen molar-refractivity contribution in [3.05, 3.63) is 12.7 Å². The van der Waals surface area contributed by atoms with Crippen molar-refractivity contribution in [1.29, 1.82) is 0 Å². The monoisotopic (exact) mass is 299 g/mol. The quantitative estimate of drug-likeness (QED) is 0.740. The van der Waals surface area contributed by atoms with Gasteiger partial charge in [-0.3, -0.25) is 0 Å². The molecule has 2 heterocycles. The SMILES string of the molecule is CP(C)(=O)CO[C@H](CO)Cn1cnc2c(N)ncnc21. The maximum absolute atomic E-state index is 11.6. The highest BCUT2D eigenvalue weighted by atomic mass is 31.2. The van der Waals surface area contributed by atoms with Gasteiger partial charge in [-0.25, -0.2) is 15.0 Å². The Balaban J connectivity index is 2.14. The number of nitrogens with two attached hydrogens (primary N) is 1. The summed E-state index contributed by atoms with van der Waals surface area (Å²) in [6, 6.07) is 0. The van der Waals surface area contributed by atoms with Crippen LogP contribution >= 0.6 is 7.14 Å². The van der Waals surface area contributed by atoms with Crippen molar-refractivity contribution in [1.82, 2.24) is 19.5 Å². The number of aromatic nitrogens is 4. The Hall–Kier alpha value is -1.50. The smallest absolute Gasteiger partial charge is 0.165 e. The molecule has 0 aliphatic rings. The molecule has 1 atom stereocenters. The Kier molecular flexibility index (Phi) is 4.37. The van der Waals surface area contributed by atoms with Crippen molar-refractivity contribution in [3.8, 4) is 0 Å². The van der Waals surface area contributed by atoms with Gasteiger partial charge in [0, 0.05) is 0 Å². The number of nitrogen functional groups attached to an aromatic ring is 1. The summed E-state index contributed by atoms with van der Waals surface area (Å²) in [5, 5.41) is 9.34. The number of aliphatic hydroxyl groups excluding tert-OH is 1. The van der Waals surface area contributed by atoms with Gasteiger partial charge < -0.3 is 24.7 Å². The molecule has 2 aromatic heterocycles. The molecule has 0 aliphatic heterocycles. The van der Waals surface area contributed by atoms with E-state index in [1.807, 2.05) is 0 Å². The summed E-state index contributed by atoms with van der Waals surface area (Å²) in [5.74, 6) is 0.307. The molecule has 0 amide bonds. The summed E-state index contributed by atoms with van der Waals surface area (Å²) in [4.78, 5) is 12.1. The molecule has 9 heteroatoms. The Bertz CT molecular complexity index is 638. The molecule has 2 aromatic rings. The molecule has 3 N–H and O–H groups in total. The lowest BCUT2D eigenvalue weighted by Gasteiger charge is -2.17. The van der Waals surface area contributed by atoms with E-state index in [1.54, 1.807) is 24.2 Å². The number of fused-ring (bicyclic) bond motifs is 1. The number of ether oxygens (including phenoxy) is 1. The van der Waals surface area contributed by atoms with Gasteiger partial charge in [0.05, 0.1) is 31.9 Å². The second-order valence-corrected chi connectivity index (χ2v) is 8.41. The molecule has 0 spiro atoms. The minimum atomic E-state index is -2.28. The fourth-order valence-electron chi connectivity index (χ4n) is 1.70. The van der Waals surface area contributed by atoms with E-state index in [0.717, 1.165) is 0 Å². The highest BCUT2D eigenvalue weighted by molar-refractivity contribution is 7.62. The van der Waals surface area contributed by atoms with Crippen LogP contribution in [0.25, 0.3) is 11.2 Å². The predicted molar refractivity (Wildman–Crippen MR) is 76.0 cm³/mol. The topological polar surface area (TPSA) is 116 Å². The van der Waals surface area contributed by atoms with Gasteiger partial charge in [-0.15, -0.1) is 0 Å². The van der Waals surface area contributed by atoms with E-state index >= 15 is 0 Å². The van der Waals surface area contributed by atoms with Crippen LogP contribution in [0.3, 0.4) is 0 Å². The van der Waals surface area contributed by atoms with Gasteiger partial charge in [0.1, 0.15) is 19.0 Å². The van der Waals surface area contributed by atoms with Crippen LogP contribution in [0.15, 0.2) is 12.7 Å². The molecular formula is C11H18N5O3P. The molecule has 0 saturated carbocycles. The van der Waals surface area contributed by atoms with Gasteiger partial charge >= 0.3 is 0 Å². The van der Waals surface area contributed by atoms with Crippen LogP contribution in [-0.2, 0) is 15.8 Å². The largest absolute Gasteiger partial charge is 0.394 e. The first kappa shape index (κ1) is 14.9. The molecule has 8 nitrogen and oxygen atoms in total. The Labute approximate surface area is 116 Å². The first-order valence-corrected chi connectivity index (χ1v) is 8.87. The van der Waals surface area contributed by atoms with Crippen molar-refractivity contribution >= 4 is 24.1 Å². The van der Waals surface area contributed by atoms with Crippen molar-refractivity contribution < 1.29 is 14.4 Å².